The molecule has 6 nitrogen and oxygen atoms in total. The van der Waals surface area contributed by atoms with Crippen molar-refractivity contribution in [2.75, 3.05) is 5.32 Å². The Morgan fingerprint density at radius 3 is 2.58 bits per heavy atom. The van der Waals surface area contributed by atoms with Crippen molar-refractivity contribution in [3.05, 3.63) is 81.0 Å². The van der Waals surface area contributed by atoms with Crippen LogP contribution in [-0.2, 0) is 12.7 Å². The maximum absolute atomic E-state index is 13.5. The van der Waals surface area contributed by atoms with Crippen LogP contribution in [0.3, 0.4) is 0 Å². The molecule has 170 valence electrons. The second kappa shape index (κ2) is 8.64. The lowest BCUT2D eigenvalue weighted by Gasteiger charge is -2.13. The molecule has 0 radical (unpaired) electrons. The first-order valence-electron chi connectivity index (χ1n) is 9.67. The van der Waals surface area contributed by atoms with Gasteiger partial charge in [0.05, 0.1) is 45.4 Å². The number of alkyl halides is 3. The van der Waals surface area contributed by atoms with Gasteiger partial charge >= 0.3 is 6.18 Å². The van der Waals surface area contributed by atoms with Crippen molar-refractivity contribution in [2.24, 2.45) is 0 Å². The third kappa shape index (κ3) is 4.65. The van der Waals surface area contributed by atoms with Crippen LogP contribution in [0, 0.1) is 13.8 Å². The van der Waals surface area contributed by atoms with E-state index in [0.717, 1.165) is 5.69 Å². The number of hydrogen-bond donors (Lipinski definition) is 1. The van der Waals surface area contributed by atoms with Gasteiger partial charge in [0.2, 0.25) is 0 Å². The van der Waals surface area contributed by atoms with E-state index in [2.05, 4.69) is 20.4 Å². The molecule has 11 heteroatoms. The molecule has 1 N–H and O–H groups in total. The second-order valence-electron chi connectivity index (χ2n) is 7.32. The Bertz CT molecular complexity index is 1370. The number of aromatic nitrogens is 4. The fourth-order valence-corrected chi connectivity index (χ4v) is 3.98. The minimum Gasteiger partial charge on any atom is -0.319 e. The molecule has 3 aromatic heterocycles. The maximum atomic E-state index is 13.5. The molecule has 3 heterocycles. The van der Waals surface area contributed by atoms with E-state index in [-0.39, 0.29) is 26.5 Å². The molecule has 0 aliphatic carbocycles. The van der Waals surface area contributed by atoms with Crippen LogP contribution in [0.25, 0.3) is 10.9 Å². The number of carbonyl (C=O) groups excluding carboxylic acids is 1. The number of fused-ring (bicyclic) bond motifs is 1. The van der Waals surface area contributed by atoms with E-state index in [4.69, 9.17) is 23.2 Å². The number of anilines is 1. The van der Waals surface area contributed by atoms with Gasteiger partial charge in [0.25, 0.3) is 5.91 Å². The number of pyridine rings is 2. The van der Waals surface area contributed by atoms with E-state index in [1.165, 1.54) is 12.1 Å². The molecule has 4 aromatic rings. The van der Waals surface area contributed by atoms with E-state index in [1.54, 1.807) is 30.8 Å². The first-order valence-corrected chi connectivity index (χ1v) is 10.4. The van der Waals surface area contributed by atoms with E-state index in [1.807, 2.05) is 12.1 Å². The van der Waals surface area contributed by atoms with E-state index in [9.17, 15) is 18.0 Å². The van der Waals surface area contributed by atoms with Crippen LogP contribution in [0.2, 0.25) is 10.0 Å². The van der Waals surface area contributed by atoms with Crippen LogP contribution >= 0.6 is 23.2 Å². The average molecular weight is 494 g/mol. The van der Waals surface area contributed by atoms with Crippen LogP contribution in [0.15, 0.2) is 42.6 Å². The lowest BCUT2D eigenvalue weighted by Crippen LogP contribution is -2.17. The summed E-state index contributed by atoms with van der Waals surface area (Å²) in [5, 5.41) is 7.30. The molecule has 0 unspecified atom stereocenters. The van der Waals surface area contributed by atoms with Gasteiger partial charge in [-0.15, -0.1) is 0 Å². The minimum atomic E-state index is -4.77. The highest BCUT2D eigenvalue weighted by Crippen LogP contribution is 2.35. The Morgan fingerprint density at radius 2 is 1.91 bits per heavy atom. The van der Waals surface area contributed by atoms with Crippen molar-refractivity contribution in [1.29, 1.82) is 0 Å². The Labute approximate surface area is 196 Å². The number of carbonyl (C=O) groups is 1. The highest BCUT2D eigenvalue weighted by molar-refractivity contribution is 6.39. The second-order valence-corrected chi connectivity index (χ2v) is 8.16. The van der Waals surface area contributed by atoms with Gasteiger partial charge in [-0.2, -0.15) is 18.3 Å². The SMILES string of the molecule is Cc1nn(Cc2ccccn2)c(C)c1NC(=O)c1cc(C(F)(F)F)nc2c(Cl)cc(Cl)cc12. The molecule has 1 amide bonds. The van der Waals surface area contributed by atoms with Crippen LogP contribution in [-0.4, -0.2) is 25.7 Å². The van der Waals surface area contributed by atoms with Crippen molar-refractivity contribution < 1.29 is 18.0 Å². The topological polar surface area (TPSA) is 72.7 Å². The molecule has 0 fully saturated rings. The highest BCUT2D eigenvalue weighted by Gasteiger charge is 2.34. The van der Waals surface area contributed by atoms with Gasteiger partial charge in [-0.25, -0.2) is 4.98 Å². The number of nitrogens with one attached hydrogen (secondary N) is 1. The fraction of sp³-hybridized carbons (Fsp3) is 0.182. The molecule has 4 rings (SSSR count). The average Bonchev–Trinajstić information content (AvgIpc) is 3.00. The highest BCUT2D eigenvalue weighted by atomic mass is 35.5. The number of nitrogens with zero attached hydrogens (tertiary/aromatic N) is 4. The lowest BCUT2D eigenvalue weighted by molar-refractivity contribution is -0.140. The largest absolute Gasteiger partial charge is 0.433 e. The summed E-state index contributed by atoms with van der Waals surface area (Å²) >= 11 is 12.1. The molecule has 0 bridgehead atoms. The van der Waals surface area contributed by atoms with E-state index >= 15 is 0 Å². The maximum Gasteiger partial charge on any atom is 0.433 e. The van der Waals surface area contributed by atoms with Crippen LogP contribution in [0.1, 0.15) is 33.1 Å². The zero-order valence-electron chi connectivity index (χ0n) is 17.3. The Kier molecular flexibility index (Phi) is 6.02. The summed E-state index contributed by atoms with van der Waals surface area (Å²) in [6, 6.07) is 8.80. The molecule has 1 aromatic carbocycles. The molecule has 0 saturated carbocycles. The lowest BCUT2D eigenvalue weighted by atomic mass is 10.1. The molecular formula is C22H16Cl2F3N5O. The Hall–Kier alpha value is -3.17. The van der Waals surface area contributed by atoms with E-state index < -0.39 is 17.8 Å². The van der Waals surface area contributed by atoms with Crippen molar-refractivity contribution in [2.45, 2.75) is 26.6 Å². The number of hydrogen-bond acceptors (Lipinski definition) is 4. The van der Waals surface area contributed by atoms with Gasteiger partial charge in [-0.05, 0) is 44.2 Å². The summed E-state index contributed by atoms with van der Waals surface area (Å²) in [5.41, 5.74) is 0.624. The van der Waals surface area contributed by atoms with Crippen molar-refractivity contribution >= 4 is 45.7 Å². The summed E-state index contributed by atoms with van der Waals surface area (Å²) in [7, 11) is 0. The third-order valence-electron chi connectivity index (χ3n) is 5.02. The monoisotopic (exact) mass is 493 g/mol. The summed E-state index contributed by atoms with van der Waals surface area (Å²) in [6.45, 7) is 3.81. The zero-order valence-corrected chi connectivity index (χ0v) is 18.8. The van der Waals surface area contributed by atoms with Gasteiger partial charge in [-0.1, -0.05) is 29.3 Å². The molecule has 33 heavy (non-hydrogen) atoms. The molecule has 0 saturated heterocycles. The van der Waals surface area contributed by atoms with Crippen LogP contribution in [0.5, 0.6) is 0 Å². The molecule has 0 aliphatic rings. The first kappa shape index (κ1) is 23.0. The van der Waals surface area contributed by atoms with E-state index in [0.29, 0.717) is 29.7 Å². The van der Waals surface area contributed by atoms with Gasteiger partial charge < -0.3 is 5.32 Å². The molecule has 0 spiro atoms. The predicted molar refractivity (Wildman–Crippen MR) is 120 cm³/mol. The van der Waals surface area contributed by atoms with Crippen molar-refractivity contribution in [1.82, 2.24) is 19.7 Å². The fourth-order valence-electron chi connectivity index (χ4n) is 3.44. The first-order chi connectivity index (χ1) is 15.5. The van der Waals surface area contributed by atoms with Gasteiger partial charge in [-0.3, -0.25) is 14.5 Å². The summed E-state index contributed by atoms with van der Waals surface area (Å²) < 4.78 is 42.0. The quantitative estimate of drug-likeness (QED) is 0.374. The smallest absolute Gasteiger partial charge is 0.319 e. The normalized spacial score (nSPS) is 11.7. The van der Waals surface area contributed by atoms with Crippen molar-refractivity contribution in [3.63, 3.8) is 0 Å². The summed E-state index contributed by atoms with van der Waals surface area (Å²) in [5.74, 6) is -0.769. The number of aryl methyl sites for hydroxylation is 1. The van der Waals surface area contributed by atoms with Crippen LogP contribution in [0.4, 0.5) is 18.9 Å². The number of benzene rings is 1. The minimum absolute atomic E-state index is 0.0896. The molecular weight excluding hydrogens is 478 g/mol. The molecule has 0 aliphatic heterocycles. The Balaban J connectivity index is 1.75. The number of amides is 1. The van der Waals surface area contributed by atoms with Gasteiger partial charge in [0.15, 0.2) is 0 Å². The van der Waals surface area contributed by atoms with Crippen molar-refractivity contribution in [3.8, 4) is 0 Å². The standard InChI is InChI=1S/C22H16Cl2F3N5O/c1-11-19(12(2)32(31-11)10-14-5-3-4-6-28-14)30-21(33)16-9-18(22(25,26)27)29-20-15(16)7-13(23)8-17(20)24/h3-9H,10H2,1-2H3,(H,30,33). The van der Waals surface area contributed by atoms with Gasteiger partial charge in [0, 0.05) is 16.6 Å². The van der Waals surface area contributed by atoms with Gasteiger partial charge in [0.1, 0.15) is 5.69 Å². The molecule has 0 atom stereocenters. The third-order valence-corrected chi connectivity index (χ3v) is 5.53. The Morgan fingerprint density at radius 1 is 1.15 bits per heavy atom. The number of halogens is 5. The predicted octanol–water partition coefficient (Wildman–Crippen LogP) is 6.07. The summed E-state index contributed by atoms with van der Waals surface area (Å²) in [4.78, 5) is 21.0. The number of rotatable bonds is 4. The van der Waals surface area contributed by atoms with Crippen LogP contribution < -0.4 is 5.32 Å². The summed E-state index contributed by atoms with van der Waals surface area (Å²) in [6.07, 6.45) is -3.11. The zero-order chi connectivity index (χ0) is 23.9.